The molecule has 6 nitrogen and oxygen atoms in total. The smallest absolute Gasteiger partial charge is 0.406 e. The van der Waals surface area contributed by atoms with Crippen molar-refractivity contribution in [2.75, 3.05) is 26.3 Å². The molecule has 0 radical (unpaired) electrons. The van der Waals surface area contributed by atoms with Crippen LogP contribution in [0.2, 0.25) is 0 Å². The van der Waals surface area contributed by atoms with Gasteiger partial charge in [-0.15, -0.1) is 0 Å². The fourth-order valence-electron chi connectivity index (χ4n) is 2.87. The Morgan fingerprint density at radius 3 is 2.42 bits per heavy atom. The number of carboxylic acid groups (broad SMARTS) is 1. The van der Waals surface area contributed by atoms with Gasteiger partial charge in [-0.05, 0) is 24.6 Å². The molecule has 1 amide bonds. The average molecular weight is 345 g/mol. The van der Waals surface area contributed by atoms with E-state index in [1.165, 1.54) is 18.2 Å². The zero-order chi connectivity index (χ0) is 17.5. The molecule has 0 spiro atoms. The molecule has 0 bridgehead atoms. The molecule has 2 heterocycles. The minimum Gasteiger partial charge on any atom is -0.486 e. The molecule has 130 valence electrons. The second-order valence-corrected chi connectivity index (χ2v) is 5.72. The first kappa shape index (κ1) is 16.4. The molecule has 1 saturated heterocycles. The molecule has 2 aliphatic heterocycles. The summed E-state index contributed by atoms with van der Waals surface area (Å²) in [5.41, 5.74) is -2.79. The number of likely N-dealkylation sites (tertiary alicyclic amines) is 1. The second kappa shape index (κ2) is 5.57. The van der Waals surface area contributed by atoms with Gasteiger partial charge in [-0.25, -0.2) is 0 Å². The van der Waals surface area contributed by atoms with Crippen molar-refractivity contribution in [3.8, 4) is 11.5 Å². The number of alkyl halides is 3. The van der Waals surface area contributed by atoms with E-state index >= 15 is 0 Å². The van der Waals surface area contributed by atoms with Crippen LogP contribution in [0.4, 0.5) is 13.2 Å². The number of halogens is 3. The standard InChI is InChI=1S/C15H14F3NO5/c16-15(17,18)14(13(21)22)3-4-19(8-14)12(20)9-1-2-10-11(7-9)24-6-5-23-10/h1-2,7H,3-6,8H2,(H,21,22). The van der Waals surface area contributed by atoms with Gasteiger partial charge in [0.1, 0.15) is 13.2 Å². The van der Waals surface area contributed by atoms with Crippen LogP contribution < -0.4 is 9.47 Å². The van der Waals surface area contributed by atoms with Crippen LogP contribution >= 0.6 is 0 Å². The molecule has 24 heavy (non-hydrogen) atoms. The van der Waals surface area contributed by atoms with Crippen molar-refractivity contribution >= 4 is 11.9 Å². The highest BCUT2D eigenvalue weighted by atomic mass is 19.4. The summed E-state index contributed by atoms with van der Waals surface area (Å²) in [7, 11) is 0. The fourth-order valence-corrected chi connectivity index (χ4v) is 2.87. The molecular weight excluding hydrogens is 331 g/mol. The molecule has 1 N–H and O–H groups in total. The quantitative estimate of drug-likeness (QED) is 0.886. The van der Waals surface area contributed by atoms with Crippen molar-refractivity contribution in [1.82, 2.24) is 4.90 Å². The molecule has 0 aromatic heterocycles. The van der Waals surface area contributed by atoms with Crippen molar-refractivity contribution in [2.45, 2.75) is 12.6 Å². The lowest BCUT2D eigenvalue weighted by Crippen LogP contribution is -2.47. The van der Waals surface area contributed by atoms with Crippen molar-refractivity contribution in [3.05, 3.63) is 23.8 Å². The molecular formula is C15H14F3NO5. The Balaban J connectivity index is 1.83. The number of hydrogen-bond acceptors (Lipinski definition) is 4. The van der Waals surface area contributed by atoms with Crippen LogP contribution in [0.3, 0.4) is 0 Å². The summed E-state index contributed by atoms with van der Waals surface area (Å²) < 4.78 is 50.2. The van der Waals surface area contributed by atoms with Gasteiger partial charge >= 0.3 is 12.1 Å². The number of fused-ring (bicyclic) bond motifs is 1. The number of carbonyl (C=O) groups is 2. The Morgan fingerprint density at radius 2 is 1.83 bits per heavy atom. The normalized spacial score (nSPS) is 23.2. The predicted molar refractivity (Wildman–Crippen MR) is 74.1 cm³/mol. The number of nitrogens with zero attached hydrogens (tertiary/aromatic N) is 1. The van der Waals surface area contributed by atoms with Gasteiger partial charge in [0, 0.05) is 18.7 Å². The Hall–Kier alpha value is -2.45. The van der Waals surface area contributed by atoms with E-state index in [1.54, 1.807) is 0 Å². The monoisotopic (exact) mass is 345 g/mol. The van der Waals surface area contributed by atoms with Crippen LogP contribution in [-0.4, -0.2) is 54.4 Å². The van der Waals surface area contributed by atoms with Crippen LogP contribution in [-0.2, 0) is 4.79 Å². The van der Waals surface area contributed by atoms with E-state index < -0.39 is 36.4 Å². The van der Waals surface area contributed by atoms with Crippen molar-refractivity contribution in [1.29, 1.82) is 0 Å². The molecule has 0 saturated carbocycles. The number of ether oxygens (including phenoxy) is 2. The van der Waals surface area contributed by atoms with Gasteiger partial charge in [-0.3, -0.25) is 9.59 Å². The van der Waals surface area contributed by atoms with Gasteiger partial charge < -0.3 is 19.5 Å². The van der Waals surface area contributed by atoms with E-state index in [1.807, 2.05) is 0 Å². The summed E-state index contributed by atoms with van der Waals surface area (Å²) >= 11 is 0. The first-order valence-corrected chi connectivity index (χ1v) is 7.24. The first-order valence-electron chi connectivity index (χ1n) is 7.24. The van der Waals surface area contributed by atoms with Crippen LogP contribution in [0.25, 0.3) is 0 Å². The lowest BCUT2D eigenvalue weighted by atomic mass is 9.86. The van der Waals surface area contributed by atoms with Gasteiger partial charge in [-0.2, -0.15) is 13.2 Å². The maximum atomic E-state index is 13.2. The second-order valence-electron chi connectivity index (χ2n) is 5.72. The summed E-state index contributed by atoms with van der Waals surface area (Å²) in [5.74, 6) is -1.84. The third kappa shape index (κ3) is 2.53. The molecule has 1 aromatic carbocycles. The topological polar surface area (TPSA) is 76.1 Å². The van der Waals surface area contributed by atoms with Crippen LogP contribution in [0.1, 0.15) is 16.8 Å². The number of carboxylic acids is 1. The fraction of sp³-hybridized carbons (Fsp3) is 0.467. The number of amides is 1. The molecule has 1 aromatic rings. The Kier molecular flexibility index (Phi) is 3.81. The van der Waals surface area contributed by atoms with Crippen molar-refractivity contribution < 1.29 is 37.3 Å². The van der Waals surface area contributed by atoms with E-state index in [0.717, 1.165) is 4.90 Å². The zero-order valence-electron chi connectivity index (χ0n) is 12.4. The lowest BCUT2D eigenvalue weighted by Gasteiger charge is -2.27. The largest absolute Gasteiger partial charge is 0.486 e. The summed E-state index contributed by atoms with van der Waals surface area (Å²) in [5, 5.41) is 9.03. The maximum Gasteiger partial charge on any atom is 0.406 e. The molecule has 1 unspecified atom stereocenters. The van der Waals surface area contributed by atoms with Gasteiger partial charge in [0.15, 0.2) is 16.9 Å². The molecule has 3 rings (SSSR count). The van der Waals surface area contributed by atoms with Crippen LogP contribution in [0, 0.1) is 5.41 Å². The summed E-state index contributed by atoms with van der Waals surface area (Å²) in [6, 6.07) is 4.32. The number of carbonyl (C=O) groups excluding carboxylic acids is 1. The highest BCUT2D eigenvalue weighted by Gasteiger charge is 2.64. The van der Waals surface area contributed by atoms with E-state index in [-0.39, 0.29) is 12.1 Å². The SMILES string of the molecule is O=C(c1ccc2c(c1)OCCO2)N1CCC(C(=O)O)(C(F)(F)F)C1. The minimum absolute atomic E-state index is 0.127. The van der Waals surface area contributed by atoms with Crippen LogP contribution in [0.5, 0.6) is 11.5 Å². The molecule has 9 heteroatoms. The van der Waals surface area contributed by atoms with Gasteiger partial charge in [0.2, 0.25) is 0 Å². The Labute approximate surface area is 134 Å². The van der Waals surface area contributed by atoms with Gasteiger partial charge in [0.05, 0.1) is 0 Å². The summed E-state index contributed by atoms with van der Waals surface area (Å²) in [6.07, 6.45) is -5.59. The van der Waals surface area contributed by atoms with Gasteiger partial charge in [-0.1, -0.05) is 0 Å². The third-order valence-corrected chi connectivity index (χ3v) is 4.30. The Morgan fingerprint density at radius 1 is 1.17 bits per heavy atom. The number of hydrogen-bond donors (Lipinski definition) is 1. The van der Waals surface area contributed by atoms with Crippen molar-refractivity contribution in [3.63, 3.8) is 0 Å². The van der Waals surface area contributed by atoms with E-state index in [0.29, 0.717) is 24.7 Å². The lowest BCUT2D eigenvalue weighted by molar-refractivity contribution is -0.227. The maximum absolute atomic E-state index is 13.2. The number of benzene rings is 1. The first-order chi connectivity index (χ1) is 11.2. The molecule has 0 aliphatic carbocycles. The average Bonchev–Trinajstić information content (AvgIpc) is 3.00. The molecule has 1 atom stereocenters. The predicted octanol–water partition coefficient (Wildman–Crippen LogP) is 1.94. The Bertz CT molecular complexity index is 690. The van der Waals surface area contributed by atoms with Gasteiger partial charge in [0.25, 0.3) is 5.91 Å². The highest BCUT2D eigenvalue weighted by Crippen LogP contribution is 2.46. The van der Waals surface area contributed by atoms with E-state index in [2.05, 4.69) is 0 Å². The highest BCUT2D eigenvalue weighted by molar-refractivity contribution is 5.95. The zero-order valence-corrected chi connectivity index (χ0v) is 12.4. The molecule has 2 aliphatic rings. The van der Waals surface area contributed by atoms with E-state index in [4.69, 9.17) is 14.6 Å². The summed E-state index contributed by atoms with van der Waals surface area (Å²) in [4.78, 5) is 24.5. The summed E-state index contributed by atoms with van der Waals surface area (Å²) in [6.45, 7) is -0.498. The number of rotatable bonds is 2. The van der Waals surface area contributed by atoms with Crippen molar-refractivity contribution in [2.24, 2.45) is 5.41 Å². The third-order valence-electron chi connectivity index (χ3n) is 4.30. The van der Waals surface area contributed by atoms with E-state index in [9.17, 15) is 22.8 Å². The van der Waals surface area contributed by atoms with Crippen LogP contribution in [0.15, 0.2) is 18.2 Å². The minimum atomic E-state index is -4.93. The number of aliphatic carboxylic acids is 1. The molecule has 1 fully saturated rings.